The minimum absolute atomic E-state index is 0.0146. The van der Waals surface area contributed by atoms with Gasteiger partial charge in [-0.25, -0.2) is 13.2 Å². The lowest BCUT2D eigenvalue weighted by atomic mass is 10.0. The second-order valence-corrected chi connectivity index (χ2v) is 13.1. The zero-order valence-corrected chi connectivity index (χ0v) is 24.9. The van der Waals surface area contributed by atoms with Crippen molar-refractivity contribution in [3.8, 4) is 5.75 Å². The molecular formula is C27H43N5O6S. The van der Waals surface area contributed by atoms with Crippen LogP contribution in [0.1, 0.15) is 60.5 Å². The fourth-order valence-corrected chi connectivity index (χ4v) is 5.24. The van der Waals surface area contributed by atoms with Gasteiger partial charge in [-0.15, -0.1) is 0 Å². The molecule has 2 heterocycles. The maximum atomic E-state index is 13.1. The minimum atomic E-state index is -3.36. The number of hydrogen-bond donors (Lipinski definition) is 2. The zero-order valence-electron chi connectivity index (χ0n) is 24.0. The molecule has 0 bridgehead atoms. The van der Waals surface area contributed by atoms with Crippen LogP contribution in [0.3, 0.4) is 0 Å². The number of rotatable bonds is 11. The predicted molar refractivity (Wildman–Crippen MR) is 155 cm³/mol. The number of benzene rings is 1. The van der Waals surface area contributed by atoms with Crippen molar-refractivity contribution >= 4 is 21.5 Å². The summed E-state index contributed by atoms with van der Waals surface area (Å²) in [5, 5.41) is 11.0. The number of nitrogens with zero attached hydrogens (tertiary/aromatic N) is 4. The van der Waals surface area contributed by atoms with Gasteiger partial charge in [-0.2, -0.15) is 0 Å². The lowest BCUT2D eigenvalue weighted by Crippen LogP contribution is -2.54. The molecule has 1 aromatic carbocycles. The number of nitrogens with one attached hydrogen (secondary N) is 1. The van der Waals surface area contributed by atoms with Crippen molar-refractivity contribution in [3.63, 3.8) is 0 Å². The van der Waals surface area contributed by atoms with E-state index in [1.165, 1.54) is 4.57 Å². The van der Waals surface area contributed by atoms with Gasteiger partial charge in [-0.05, 0) is 72.7 Å². The Bertz CT molecular complexity index is 1340. The Morgan fingerprint density at radius 3 is 2.05 bits per heavy atom. The van der Waals surface area contributed by atoms with E-state index in [-0.39, 0.29) is 29.1 Å². The van der Waals surface area contributed by atoms with Gasteiger partial charge in [0.15, 0.2) is 0 Å². The van der Waals surface area contributed by atoms with Gasteiger partial charge < -0.3 is 14.7 Å². The number of aliphatic hydroxyl groups is 1. The van der Waals surface area contributed by atoms with Crippen molar-refractivity contribution in [3.05, 3.63) is 51.2 Å². The van der Waals surface area contributed by atoms with E-state index in [2.05, 4.69) is 14.5 Å². The van der Waals surface area contributed by atoms with Crippen LogP contribution in [0.25, 0.3) is 0 Å². The third-order valence-corrected chi connectivity index (χ3v) is 8.31. The highest BCUT2D eigenvalue weighted by Crippen LogP contribution is 2.25. The standard InChI is InChI=1S/C27H43N5O6S/c1-8-39(36,37)28-21-9-11-22(12-10-21)38-27(6,7)23(33)18-29-13-15-30(16-14-29)24-17-25(34)32(20(4)5)26(35)31(24)19(2)3/h9-12,17,19-20,23,28,33H,8,13-16,18H2,1-7H3. The first-order valence-corrected chi connectivity index (χ1v) is 15.1. The molecule has 1 aliphatic rings. The predicted octanol–water partition coefficient (Wildman–Crippen LogP) is 2.27. The molecule has 0 spiro atoms. The summed E-state index contributed by atoms with van der Waals surface area (Å²) in [6, 6.07) is 7.82. The normalized spacial score (nSPS) is 16.1. The Kier molecular flexibility index (Phi) is 9.56. The van der Waals surface area contributed by atoms with Crippen molar-refractivity contribution in [2.24, 2.45) is 0 Å². The smallest absolute Gasteiger partial charge is 0.333 e. The van der Waals surface area contributed by atoms with E-state index in [0.717, 1.165) is 0 Å². The van der Waals surface area contributed by atoms with Crippen LogP contribution < -0.4 is 25.6 Å². The monoisotopic (exact) mass is 565 g/mol. The lowest BCUT2D eigenvalue weighted by molar-refractivity contribution is -0.0449. The van der Waals surface area contributed by atoms with E-state index < -0.39 is 21.7 Å². The van der Waals surface area contributed by atoms with Gasteiger partial charge in [0, 0.05) is 56.6 Å². The third-order valence-electron chi connectivity index (χ3n) is 7.00. The minimum Gasteiger partial charge on any atom is -0.485 e. The van der Waals surface area contributed by atoms with Gasteiger partial charge in [-0.1, -0.05) is 0 Å². The Morgan fingerprint density at radius 2 is 1.54 bits per heavy atom. The topological polar surface area (TPSA) is 126 Å². The van der Waals surface area contributed by atoms with Crippen LogP contribution in [-0.2, 0) is 10.0 Å². The first kappa shape index (κ1) is 30.7. The summed E-state index contributed by atoms with van der Waals surface area (Å²) in [6.45, 7) is 15.6. The Morgan fingerprint density at radius 1 is 0.974 bits per heavy atom. The summed E-state index contributed by atoms with van der Waals surface area (Å²) in [4.78, 5) is 30.0. The van der Waals surface area contributed by atoms with Crippen LogP contribution in [0.4, 0.5) is 11.5 Å². The van der Waals surface area contributed by atoms with Gasteiger partial charge in [0.05, 0.1) is 5.75 Å². The van der Waals surface area contributed by atoms with Crippen LogP contribution in [0.2, 0.25) is 0 Å². The molecule has 1 saturated heterocycles. The summed E-state index contributed by atoms with van der Waals surface area (Å²) >= 11 is 0. The highest BCUT2D eigenvalue weighted by molar-refractivity contribution is 7.92. The second-order valence-electron chi connectivity index (χ2n) is 11.1. The van der Waals surface area contributed by atoms with E-state index in [0.29, 0.717) is 50.0 Å². The van der Waals surface area contributed by atoms with Crippen LogP contribution in [0.5, 0.6) is 5.75 Å². The number of ether oxygens (including phenoxy) is 1. The quantitative estimate of drug-likeness (QED) is 0.425. The Labute approximate surface area is 231 Å². The van der Waals surface area contributed by atoms with E-state index in [1.54, 1.807) is 41.8 Å². The Hall–Kier alpha value is -2.83. The summed E-state index contributed by atoms with van der Waals surface area (Å²) in [6.07, 6.45) is -0.800. The first-order chi connectivity index (χ1) is 18.1. The largest absolute Gasteiger partial charge is 0.485 e. The molecule has 11 nitrogen and oxygen atoms in total. The highest BCUT2D eigenvalue weighted by atomic mass is 32.2. The zero-order chi connectivity index (χ0) is 29.1. The number of aliphatic hydroxyl groups excluding tert-OH is 1. The number of β-amino-alcohol motifs (C(OH)–C–C–N with tert-alkyl or cyclic N) is 1. The van der Waals surface area contributed by atoms with E-state index >= 15 is 0 Å². The summed E-state index contributed by atoms with van der Waals surface area (Å²) in [5.41, 5.74) is -1.05. The van der Waals surface area contributed by atoms with Crippen molar-refractivity contribution in [1.82, 2.24) is 14.0 Å². The molecular weight excluding hydrogens is 522 g/mol. The molecule has 12 heteroatoms. The fraction of sp³-hybridized carbons (Fsp3) is 0.630. The molecule has 2 N–H and O–H groups in total. The lowest BCUT2D eigenvalue weighted by Gasteiger charge is -2.40. The molecule has 1 unspecified atom stereocenters. The molecule has 0 aliphatic carbocycles. The van der Waals surface area contributed by atoms with Gasteiger partial charge in [-0.3, -0.25) is 23.6 Å². The van der Waals surface area contributed by atoms with Crippen molar-refractivity contribution < 1.29 is 18.3 Å². The maximum Gasteiger partial charge on any atom is 0.333 e. The van der Waals surface area contributed by atoms with Gasteiger partial charge >= 0.3 is 5.69 Å². The van der Waals surface area contributed by atoms with E-state index in [9.17, 15) is 23.1 Å². The van der Waals surface area contributed by atoms with Crippen LogP contribution in [-0.4, -0.2) is 77.7 Å². The van der Waals surface area contributed by atoms with Crippen LogP contribution in [0, 0.1) is 0 Å². The molecule has 1 fully saturated rings. The number of aromatic nitrogens is 2. The van der Waals surface area contributed by atoms with Crippen LogP contribution >= 0.6 is 0 Å². The van der Waals surface area contributed by atoms with Gasteiger partial charge in [0.2, 0.25) is 10.0 Å². The molecule has 218 valence electrons. The van der Waals surface area contributed by atoms with Crippen molar-refractivity contribution in [2.75, 3.05) is 48.1 Å². The molecule has 1 atom stereocenters. The maximum absolute atomic E-state index is 13.1. The van der Waals surface area contributed by atoms with Gasteiger partial charge in [0.25, 0.3) is 5.56 Å². The number of hydrogen-bond acceptors (Lipinski definition) is 8. The molecule has 3 rings (SSSR count). The molecule has 1 aliphatic heterocycles. The number of piperazine rings is 1. The number of anilines is 2. The summed E-state index contributed by atoms with van der Waals surface area (Å²) < 4.78 is 35.1. The SMILES string of the molecule is CCS(=O)(=O)Nc1ccc(OC(C)(C)C(O)CN2CCN(c3cc(=O)n(C(C)C)c(=O)n3C(C)C)CC2)cc1. The number of sulfonamides is 1. The fourth-order valence-electron chi connectivity index (χ4n) is 4.60. The summed E-state index contributed by atoms with van der Waals surface area (Å²) in [5.74, 6) is 1.13. The van der Waals surface area contributed by atoms with Crippen molar-refractivity contribution in [1.29, 1.82) is 0 Å². The average Bonchev–Trinajstić information content (AvgIpc) is 2.84. The molecule has 39 heavy (non-hydrogen) atoms. The van der Waals surface area contributed by atoms with E-state index in [4.69, 9.17) is 4.74 Å². The van der Waals surface area contributed by atoms with Crippen LogP contribution in [0.15, 0.2) is 39.9 Å². The highest BCUT2D eigenvalue weighted by Gasteiger charge is 2.33. The first-order valence-electron chi connectivity index (χ1n) is 13.5. The van der Waals surface area contributed by atoms with Crippen molar-refractivity contribution in [2.45, 2.75) is 72.3 Å². The molecule has 0 amide bonds. The van der Waals surface area contributed by atoms with E-state index in [1.807, 2.05) is 41.5 Å². The van der Waals surface area contributed by atoms with Gasteiger partial charge in [0.1, 0.15) is 23.3 Å². The average molecular weight is 566 g/mol. The molecule has 0 saturated carbocycles. The molecule has 0 radical (unpaired) electrons. The summed E-state index contributed by atoms with van der Waals surface area (Å²) in [7, 11) is -3.36. The molecule has 2 aromatic rings. The molecule has 1 aromatic heterocycles. The Balaban J connectivity index is 1.63. The third kappa shape index (κ3) is 7.43. The second kappa shape index (κ2) is 12.1.